The van der Waals surface area contributed by atoms with Gasteiger partial charge in [-0.3, -0.25) is 9.48 Å². The highest BCUT2D eigenvalue weighted by Gasteiger charge is 2.48. The highest BCUT2D eigenvalue weighted by Crippen LogP contribution is 2.38. The zero-order chi connectivity index (χ0) is 15.5. The fourth-order valence-corrected chi connectivity index (χ4v) is 2.74. The molecule has 0 aliphatic carbocycles. The molecule has 0 unspecified atom stereocenters. The molecule has 7 heteroatoms. The third-order valence-corrected chi connectivity index (χ3v) is 3.26. The van der Waals surface area contributed by atoms with Gasteiger partial charge < -0.3 is 0 Å². The standard InChI is InChI=1S/C13H19N2.ClHO4/c1-10-12(11-8-6-5-7-9-11)15(4)13(10)14(2)3;2-1(3,4)5/h5-10,12H,1-4H3;(H,2,3,4,5)/q+1;/p-1/t10-,12-;/m0./s1. The van der Waals surface area contributed by atoms with Gasteiger partial charge in [0, 0.05) is 0 Å². The minimum atomic E-state index is -4.94. The van der Waals surface area contributed by atoms with Crippen molar-refractivity contribution in [3.8, 4) is 0 Å². The Morgan fingerprint density at radius 1 is 1.05 bits per heavy atom. The Morgan fingerprint density at radius 2 is 1.50 bits per heavy atom. The maximum Gasteiger partial charge on any atom is 0.254 e. The minimum absolute atomic E-state index is 0.545. The second-order valence-corrected chi connectivity index (χ2v) is 5.64. The average Bonchev–Trinajstić information content (AvgIpc) is 2.27. The van der Waals surface area contributed by atoms with Crippen LogP contribution >= 0.6 is 0 Å². The molecule has 0 saturated carbocycles. The van der Waals surface area contributed by atoms with Crippen molar-refractivity contribution in [3.05, 3.63) is 35.9 Å². The summed E-state index contributed by atoms with van der Waals surface area (Å²) in [6, 6.07) is 11.3. The summed E-state index contributed by atoms with van der Waals surface area (Å²) in [6.07, 6.45) is 0. The average molecular weight is 303 g/mol. The van der Waals surface area contributed by atoms with E-state index in [0.29, 0.717) is 12.0 Å². The molecule has 20 heavy (non-hydrogen) atoms. The molecule has 112 valence electrons. The second kappa shape index (κ2) is 6.51. The lowest BCUT2D eigenvalue weighted by Gasteiger charge is -2.40. The normalized spacial score (nSPS) is 21.8. The van der Waals surface area contributed by atoms with E-state index in [2.05, 4.69) is 67.9 Å². The largest absolute Gasteiger partial charge is 0.271 e. The molecular formula is C13H19ClN2O4. The van der Waals surface area contributed by atoms with Crippen LogP contribution in [-0.4, -0.2) is 36.5 Å². The van der Waals surface area contributed by atoms with Gasteiger partial charge in [-0.2, -0.15) is 0 Å². The molecule has 1 aliphatic rings. The SMILES string of the molecule is C[C@@H]1C(=[N+](C)C)N(C)[C@@H]1c1ccccc1.[O-][Cl+3]([O-])([O-])[O-]. The first kappa shape index (κ1) is 16.9. The van der Waals surface area contributed by atoms with E-state index in [1.807, 2.05) is 0 Å². The molecule has 0 N–H and O–H groups in total. The molecule has 1 aliphatic heterocycles. The summed E-state index contributed by atoms with van der Waals surface area (Å²) >= 11 is 0. The Labute approximate surface area is 120 Å². The Hall–Kier alpha value is -1.18. The summed E-state index contributed by atoms with van der Waals surface area (Å²) in [5, 5.41) is 0. The van der Waals surface area contributed by atoms with Gasteiger partial charge in [0.25, 0.3) is 5.84 Å². The van der Waals surface area contributed by atoms with Crippen LogP contribution in [-0.2, 0) is 0 Å². The lowest BCUT2D eigenvalue weighted by molar-refractivity contribution is -2.00. The van der Waals surface area contributed by atoms with Gasteiger partial charge in [-0.1, -0.05) is 30.3 Å². The maximum atomic E-state index is 8.49. The van der Waals surface area contributed by atoms with E-state index >= 15 is 0 Å². The summed E-state index contributed by atoms with van der Waals surface area (Å²) in [4.78, 5) is 2.36. The number of likely N-dealkylation sites (tertiary alicyclic amines) is 1. The van der Waals surface area contributed by atoms with Gasteiger partial charge in [0.05, 0.1) is 21.1 Å². The van der Waals surface area contributed by atoms with E-state index in [4.69, 9.17) is 18.6 Å². The van der Waals surface area contributed by atoms with E-state index < -0.39 is 10.2 Å². The van der Waals surface area contributed by atoms with E-state index in [-0.39, 0.29) is 0 Å². The van der Waals surface area contributed by atoms with Gasteiger partial charge >= 0.3 is 0 Å². The molecule has 0 radical (unpaired) electrons. The lowest BCUT2D eigenvalue weighted by atomic mass is 9.84. The van der Waals surface area contributed by atoms with Crippen molar-refractivity contribution in [2.75, 3.05) is 21.1 Å². The number of benzene rings is 1. The molecule has 1 heterocycles. The van der Waals surface area contributed by atoms with E-state index in [0.717, 1.165) is 0 Å². The third-order valence-electron chi connectivity index (χ3n) is 3.26. The molecule has 1 aromatic carbocycles. The van der Waals surface area contributed by atoms with Crippen molar-refractivity contribution in [2.24, 2.45) is 5.92 Å². The number of halogens is 1. The molecule has 0 spiro atoms. The van der Waals surface area contributed by atoms with Crippen molar-refractivity contribution in [2.45, 2.75) is 13.0 Å². The fraction of sp³-hybridized carbons (Fsp3) is 0.462. The van der Waals surface area contributed by atoms with Gasteiger partial charge in [0.15, 0.2) is 0 Å². The van der Waals surface area contributed by atoms with Crippen LogP contribution in [0.15, 0.2) is 30.3 Å². The molecule has 0 aromatic heterocycles. The molecule has 1 aromatic rings. The van der Waals surface area contributed by atoms with E-state index in [1.54, 1.807) is 0 Å². The number of hydrogen-bond donors (Lipinski definition) is 0. The lowest BCUT2D eigenvalue weighted by Crippen LogP contribution is -2.68. The summed E-state index contributed by atoms with van der Waals surface area (Å²) in [6.45, 7) is 2.30. The number of rotatable bonds is 1. The molecule has 0 amide bonds. The highest BCUT2D eigenvalue weighted by molar-refractivity contribution is 5.86. The smallest absolute Gasteiger partial charge is 0.254 e. The van der Waals surface area contributed by atoms with Gasteiger partial charge in [0.1, 0.15) is 12.0 Å². The summed E-state index contributed by atoms with van der Waals surface area (Å²) < 4.78 is 36.2. The van der Waals surface area contributed by atoms with Gasteiger partial charge in [-0.05, 0) is 12.5 Å². The zero-order valence-corrected chi connectivity index (χ0v) is 12.7. The summed E-state index contributed by atoms with van der Waals surface area (Å²) in [7, 11) is 1.46. The van der Waals surface area contributed by atoms with Crippen molar-refractivity contribution in [1.82, 2.24) is 4.90 Å². The quantitative estimate of drug-likeness (QED) is 0.523. The van der Waals surface area contributed by atoms with E-state index in [1.165, 1.54) is 11.4 Å². The van der Waals surface area contributed by atoms with Crippen molar-refractivity contribution in [3.63, 3.8) is 0 Å². The molecular weight excluding hydrogens is 284 g/mol. The van der Waals surface area contributed by atoms with Gasteiger partial charge in [0.2, 0.25) is 0 Å². The molecule has 1 fully saturated rings. The minimum Gasteiger partial charge on any atom is -0.271 e. The topological polar surface area (TPSA) is 98.5 Å². The highest BCUT2D eigenvalue weighted by atomic mass is 35.7. The first-order valence-corrected chi connectivity index (χ1v) is 7.30. The Balaban J connectivity index is 0.000000347. The maximum absolute atomic E-state index is 8.49. The van der Waals surface area contributed by atoms with Crippen LogP contribution < -0.4 is 18.6 Å². The van der Waals surface area contributed by atoms with Crippen molar-refractivity contribution in [1.29, 1.82) is 0 Å². The second-order valence-electron chi connectivity index (χ2n) is 4.89. The molecule has 2 rings (SSSR count). The number of nitrogens with zero attached hydrogens (tertiary/aromatic N) is 2. The molecule has 0 bridgehead atoms. The number of hydrogen-bond acceptors (Lipinski definition) is 4. The monoisotopic (exact) mass is 302 g/mol. The summed E-state index contributed by atoms with van der Waals surface area (Å²) in [5.41, 5.74) is 1.41. The molecule has 2 atom stereocenters. The fourth-order valence-electron chi connectivity index (χ4n) is 2.74. The van der Waals surface area contributed by atoms with Crippen LogP contribution in [0.3, 0.4) is 0 Å². The Morgan fingerprint density at radius 3 is 1.85 bits per heavy atom. The summed E-state index contributed by atoms with van der Waals surface area (Å²) in [5.74, 6) is 2.04. The van der Waals surface area contributed by atoms with Gasteiger partial charge in [-0.25, -0.2) is 18.6 Å². The third kappa shape index (κ3) is 4.43. The van der Waals surface area contributed by atoms with Crippen LogP contribution in [0, 0.1) is 16.2 Å². The Bertz CT molecular complexity index is 451. The van der Waals surface area contributed by atoms with Crippen molar-refractivity contribution < 1.29 is 33.5 Å². The van der Waals surface area contributed by atoms with Crippen LogP contribution in [0.5, 0.6) is 0 Å². The first-order chi connectivity index (χ1) is 9.13. The van der Waals surface area contributed by atoms with Crippen LogP contribution in [0.2, 0.25) is 0 Å². The van der Waals surface area contributed by atoms with Crippen molar-refractivity contribution >= 4 is 5.84 Å². The zero-order valence-electron chi connectivity index (χ0n) is 11.9. The van der Waals surface area contributed by atoms with Crippen LogP contribution in [0.1, 0.15) is 18.5 Å². The van der Waals surface area contributed by atoms with Crippen LogP contribution in [0.4, 0.5) is 0 Å². The molecule has 1 saturated heterocycles. The predicted octanol–water partition coefficient (Wildman–Crippen LogP) is -2.78. The van der Waals surface area contributed by atoms with Gasteiger partial charge in [-0.15, -0.1) is 10.2 Å². The Kier molecular flexibility index (Phi) is 5.50. The molecule has 6 nitrogen and oxygen atoms in total. The van der Waals surface area contributed by atoms with Crippen LogP contribution in [0.25, 0.3) is 0 Å². The number of amidine groups is 1. The first-order valence-electron chi connectivity index (χ1n) is 6.06. The van der Waals surface area contributed by atoms with E-state index in [9.17, 15) is 0 Å². The predicted molar refractivity (Wildman–Crippen MR) is 63.2 cm³/mol.